The molecule has 1 aliphatic heterocycles. The van der Waals surface area contributed by atoms with E-state index in [-0.39, 0.29) is 18.8 Å². The second-order valence-corrected chi connectivity index (χ2v) is 5.04. The molecule has 1 saturated heterocycles. The predicted molar refractivity (Wildman–Crippen MR) is 76.2 cm³/mol. The van der Waals surface area contributed by atoms with Crippen LogP contribution in [0.2, 0.25) is 0 Å². The Hall–Kier alpha value is -1.30. The van der Waals surface area contributed by atoms with E-state index >= 15 is 0 Å². The lowest BCUT2D eigenvalue weighted by molar-refractivity contribution is 0.107. The molecule has 5 nitrogen and oxygen atoms in total. The summed E-state index contributed by atoms with van der Waals surface area (Å²) in [6, 6.07) is 5.96. The van der Waals surface area contributed by atoms with Gasteiger partial charge in [-0.05, 0) is 12.5 Å². The first-order valence-electron chi connectivity index (χ1n) is 6.80. The maximum absolute atomic E-state index is 9.49. The van der Waals surface area contributed by atoms with Gasteiger partial charge in [0.15, 0.2) is 0 Å². The van der Waals surface area contributed by atoms with Crippen LogP contribution in [0.1, 0.15) is 12.0 Å². The fraction of sp³-hybridized carbons (Fsp3) is 0.600. The van der Waals surface area contributed by atoms with Crippen molar-refractivity contribution in [3.63, 3.8) is 0 Å². The Morgan fingerprint density at radius 2 is 2.05 bits per heavy atom. The molecule has 0 unspecified atom stereocenters. The molecule has 112 valence electrons. The van der Waals surface area contributed by atoms with Gasteiger partial charge in [-0.1, -0.05) is 6.07 Å². The summed E-state index contributed by atoms with van der Waals surface area (Å²) >= 11 is 0. The van der Waals surface area contributed by atoms with Crippen molar-refractivity contribution >= 4 is 0 Å². The maximum Gasteiger partial charge on any atom is 0.127 e. The van der Waals surface area contributed by atoms with E-state index in [2.05, 4.69) is 4.90 Å². The van der Waals surface area contributed by atoms with Gasteiger partial charge in [-0.3, -0.25) is 4.90 Å². The van der Waals surface area contributed by atoms with Gasteiger partial charge in [0.25, 0.3) is 0 Å². The zero-order chi connectivity index (χ0) is 14.5. The number of ether oxygens (including phenoxy) is 3. The SMILES string of the molecule is COc1ccc(CN2C[C@H](OC)C[C@H]2CO)c(OC)c1. The van der Waals surface area contributed by atoms with Gasteiger partial charge >= 0.3 is 0 Å². The van der Waals surface area contributed by atoms with E-state index < -0.39 is 0 Å². The van der Waals surface area contributed by atoms with Gasteiger partial charge in [0.1, 0.15) is 11.5 Å². The fourth-order valence-corrected chi connectivity index (χ4v) is 2.69. The Morgan fingerprint density at radius 3 is 2.65 bits per heavy atom. The summed E-state index contributed by atoms with van der Waals surface area (Å²) in [6.07, 6.45) is 1.06. The molecule has 0 aromatic heterocycles. The number of methoxy groups -OCH3 is 3. The highest BCUT2D eigenvalue weighted by atomic mass is 16.5. The molecule has 2 atom stereocenters. The average Bonchev–Trinajstić information content (AvgIpc) is 2.89. The number of hydrogen-bond acceptors (Lipinski definition) is 5. The first kappa shape index (κ1) is 15.1. The second kappa shape index (κ2) is 6.92. The van der Waals surface area contributed by atoms with E-state index in [1.807, 2.05) is 18.2 Å². The van der Waals surface area contributed by atoms with E-state index in [1.54, 1.807) is 21.3 Å². The molecule has 1 heterocycles. The average molecular weight is 281 g/mol. The van der Waals surface area contributed by atoms with Crippen molar-refractivity contribution in [2.24, 2.45) is 0 Å². The number of likely N-dealkylation sites (tertiary alicyclic amines) is 1. The van der Waals surface area contributed by atoms with E-state index in [0.717, 1.165) is 36.6 Å². The molecule has 1 aliphatic rings. The molecular weight excluding hydrogens is 258 g/mol. The van der Waals surface area contributed by atoms with Crippen LogP contribution in [0.4, 0.5) is 0 Å². The van der Waals surface area contributed by atoms with Crippen LogP contribution in [-0.2, 0) is 11.3 Å². The lowest BCUT2D eigenvalue weighted by Crippen LogP contribution is -2.32. The van der Waals surface area contributed by atoms with Crippen molar-refractivity contribution in [1.82, 2.24) is 4.90 Å². The molecule has 0 spiro atoms. The fourth-order valence-electron chi connectivity index (χ4n) is 2.69. The lowest BCUT2D eigenvalue weighted by Gasteiger charge is -2.23. The van der Waals surface area contributed by atoms with Crippen LogP contribution in [0, 0.1) is 0 Å². The van der Waals surface area contributed by atoms with Crippen molar-refractivity contribution in [3.05, 3.63) is 23.8 Å². The number of rotatable bonds is 6. The summed E-state index contributed by atoms with van der Waals surface area (Å²) in [5.74, 6) is 1.59. The summed E-state index contributed by atoms with van der Waals surface area (Å²) < 4.78 is 16.0. The normalized spacial score (nSPS) is 23.0. The van der Waals surface area contributed by atoms with Gasteiger partial charge in [0.05, 0.1) is 26.9 Å². The Kier molecular flexibility index (Phi) is 5.23. The molecule has 5 heteroatoms. The topological polar surface area (TPSA) is 51.2 Å². The van der Waals surface area contributed by atoms with Gasteiger partial charge in [-0.15, -0.1) is 0 Å². The zero-order valence-corrected chi connectivity index (χ0v) is 12.3. The third-order valence-electron chi connectivity index (χ3n) is 3.90. The number of aliphatic hydroxyl groups is 1. The summed E-state index contributed by atoms with van der Waals surface area (Å²) in [5, 5.41) is 9.49. The van der Waals surface area contributed by atoms with Crippen LogP contribution in [0.25, 0.3) is 0 Å². The zero-order valence-electron chi connectivity index (χ0n) is 12.3. The quantitative estimate of drug-likeness (QED) is 0.851. The minimum absolute atomic E-state index is 0.145. The monoisotopic (exact) mass is 281 g/mol. The van der Waals surface area contributed by atoms with E-state index in [1.165, 1.54) is 0 Å². The number of benzene rings is 1. The number of nitrogens with zero attached hydrogens (tertiary/aromatic N) is 1. The number of aliphatic hydroxyl groups excluding tert-OH is 1. The molecule has 1 aromatic carbocycles. The molecule has 0 aliphatic carbocycles. The standard InChI is InChI=1S/C15H23NO4/c1-18-13-5-4-11(15(7-13)20-3)8-16-9-14(19-2)6-12(16)10-17/h4-5,7,12,14,17H,6,8-10H2,1-3H3/t12-,14+/m0/s1. The van der Waals surface area contributed by atoms with Crippen molar-refractivity contribution in [2.45, 2.75) is 25.1 Å². The van der Waals surface area contributed by atoms with Crippen molar-refractivity contribution in [2.75, 3.05) is 34.5 Å². The van der Waals surface area contributed by atoms with Crippen LogP contribution >= 0.6 is 0 Å². The van der Waals surface area contributed by atoms with Crippen LogP contribution in [0.3, 0.4) is 0 Å². The Bertz CT molecular complexity index is 438. The summed E-state index contributed by atoms with van der Waals surface area (Å²) in [6.45, 7) is 1.72. The summed E-state index contributed by atoms with van der Waals surface area (Å²) in [5.41, 5.74) is 1.09. The van der Waals surface area contributed by atoms with Crippen LogP contribution < -0.4 is 9.47 Å². The smallest absolute Gasteiger partial charge is 0.127 e. The molecule has 1 fully saturated rings. The first-order chi connectivity index (χ1) is 9.71. The molecule has 0 radical (unpaired) electrons. The third-order valence-corrected chi connectivity index (χ3v) is 3.90. The molecule has 0 saturated carbocycles. The highest BCUT2D eigenvalue weighted by molar-refractivity contribution is 5.40. The maximum atomic E-state index is 9.49. The Morgan fingerprint density at radius 1 is 1.25 bits per heavy atom. The van der Waals surface area contributed by atoms with Crippen molar-refractivity contribution in [1.29, 1.82) is 0 Å². The van der Waals surface area contributed by atoms with Crippen LogP contribution in [0.15, 0.2) is 18.2 Å². The first-order valence-corrected chi connectivity index (χ1v) is 6.80. The molecule has 2 rings (SSSR count). The van der Waals surface area contributed by atoms with Crippen molar-refractivity contribution in [3.8, 4) is 11.5 Å². The minimum Gasteiger partial charge on any atom is -0.497 e. The van der Waals surface area contributed by atoms with E-state index in [0.29, 0.717) is 0 Å². The van der Waals surface area contributed by atoms with E-state index in [9.17, 15) is 5.11 Å². The van der Waals surface area contributed by atoms with Crippen LogP contribution in [-0.4, -0.2) is 56.6 Å². The molecule has 1 N–H and O–H groups in total. The van der Waals surface area contributed by atoms with Gasteiger partial charge in [0.2, 0.25) is 0 Å². The summed E-state index contributed by atoms with van der Waals surface area (Å²) in [4.78, 5) is 2.23. The molecule has 1 aromatic rings. The Balaban J connectivity index is 2.12. The third kappa shape index (κ3) is 3.23. The predicted octanol–water partition coefficient (Wildman–Crippen LogP) is 1.29. The summed E-state index contributed by atoms with van der Waals surface area (Å²) in [7, 11) is 5.01. The van der Waals surface area contributed by atoms with E-state index in [4.69, 9.17) is 14.2 Å². The van der Waals surface area contributed by atoms with Crippen LogP contribution in [0.5, 0.6) is 11.5 Å². The highest BCUT2D eigenvalue weighted by Crippen LogP contribution is 2.29. The Labute approximate surface area is 120 Å². The molecule has 0 amide bonds. The largest absolute Gasteiger partial charge is 0.497 e. The van der Waals surface area contributed by atoms with Crippen molar-refractivity contribution < 1.29 is 19.3 Å². The number of hydrogen-bond donors (Lipinski definition) is 1. The minimum atomic E-state index is 0.145. The lowest BCUT2D eigenvalue weighted by atomic mass is 10.1. The highest BCUT2D eigenvalue weighted by Gasteiger charge is 2.31. The van der Waals surface area contributed by atoms with Gasteiger partial charge < -0.3 is 19.3 Å². The molecule has 20 heavy (non-hydrogen) atoms. The molecule has 0 bridgehead atoms. The second-order valence-electron chi connectivity index (χ2n) is 5.04. The van der Waals surface area contributed by atoms with Gasteiger partial charge in [-0.25, -0.2) is 0 Å². The van der Waals surface area contributed by atoms with Gasteiger partial charge in [-0.2, -0.15) is 0 Å². The molecular formula is C15H23NO4. The van der Waals surface area contributed by atoms with Gasteiger partial charge in [0, 0.05) is 37.9 Å².